The fourth-order valence-electron chi connectivity index (χ4n) is 1.58. The second-order valence-corrected chi connectivity index (χ2v) is 8.20. The minimum absolute atomic E-state index is 0.161. The molecule has 3 nitrogen and oxygen atoms in total. The van der Waals surface area contributed by atoms with Gasteiger partial charge in [0, 0.05) is 15.4 Å². The Hall–Kier alpha value is 0.150. The summed E-state index contributed by atoms with van der Waals surface area (Å²) in [6.45, 7) is 1.66. The van der Waals surface area contributed by atoms with Gasteiger partial charge < -0.3 is 5.73 Å². The smallest absolute Gasteiger partial charge is 0.150 e. The van der Waals surface area contributed by atoms with Crippen molar-refractivity contribution in [3.05, 3.63) is 32.4 Å². The standard InChI is InChI=1S/C12H17ClINO2S/c1-2-18(16,17)7-3-4-12(15)9-5-6-11(14)10(13)8-9/h5-6,8,12H,2-4,7,15H2,1H3. The summed E-state index contributed by atoms with van der Waals surface area (Å²) in [5.41, 5.74) is 6.98. The van der Waals surface area contributed by atoms with E-state index in [0.29, 0.717) is 17.9 Å². The maximum atomic E-state index is 11.4. The normalized spacial score (nSPS) is 13.6. The summed E-state index contributed by atoms with van der Waals surface area (Å²) < 4.78 is 23.7. The zero-order valence-corrected chi connectivity index (χ0v) is 13.9. The van der Waals surface area contributed by atoms with Crippen LogP contribution >= 0.6 is 34.2 Å². The van der Waals surface area contributed by atoms with Gasteiger partial charge in [-0.3, -0.25) is 0 Å². The first-order valence-corrected chi connectivity index (χ1v) is 9.04. The van der Waals surface area contributed by atoms with E-state index in [0.717, 1.165) is 9.13 Å². The Balaban J connectivity index is 2.55. The molecular weight excluding hydrogens is 385 g/mol. The molecule has 1 rings (SSSR count). The Labute approximate surface area is 127 Å². The molecule has 102 valence electrons. The van der Waals surface area contributed by atoms with Crippen molar-refractivity contribution in [3.8, 4) is 0 Å². The molecule has 0 aliphatic carbocycles. The molecule has 0 fully saturated rings. The first-order chi connectivity index (χ1) is 8.35. The van der Waals surface area contributed by atoms with Gasteiger partial charge in [0.2, 0.25) is 0 Å². The molecule has 0 radical (unpaired) electrons. The highest BCUT2D eigenvalue weighted by Gasteiger charge is 2.11. The molecule has 0 saturated carbocycles. The van der Waals surface area contributed by atoms with E-state index in [2.05, 4.69) is 22.6 Å². The number of benzene rings is 1. The van der Waals surface area contributed by atoms with Gasteiger partial charge in [0.05, 0.1) is 10.8 Å². The van der Waals surface area contributed by atoms with Crippen LogP contribution in [0.3, 0.4) is 0 Å². The second kappa shape index (κ2) is 7.07. The van der Waals surface area contributed by atoms with E-state index in [4.69, 9.17) is 17.3 Å². The summed E-state index contributed by atoms with van der Waals surface area (Å²) in [4.78, 5) is 0. The molecule has 1 aromatic carbocycles. The van der Waals surface area contributed by atoms with Crippen LogP contribution in [0.1, 0.15) is 31.4 Å². The first-order valence-electron chi connectivity index (χ1n) is 5.76. The quantitative estimate of drug-likeness (QED) is 0.745. The van der Waals surface area contributed by atoms with Crippen molar-refractivity contribution in [2.24, 2.45) is 5.73 Å². The third kappa shape index (κ3) is 5.03. The molecule has 1 atom stereocenters. The van der Waals surface area contributed by atoms with Gasteiger partial charge >= 0.3 is 0 Å². The van der Waals surface area contributed by atoms with E-state index < -0.39 is 9.84 Å². The largest absolute Gasteiger partial charge is 0.324 e. The van der Waals surface area contributed by atoms with Crippen LogP contribution in [0.5, 0.6) is 0 Å². The van der Waals surface area contributed by atoms with Crippen molar-refractivity contribution in [2.75, 3.05) is 11.5 Å². The van der Waals surface area contributed by atoms with Crippen molar-refractivity contribution >= 4 is 44.0 Å². The summed E-state index contributed by atoms with van der Waals surface area (Å²) in [5, 5.41) is 0.685. The van der Waals surface area contributed by atoms with Gasteiger partial charge in [0.25, 0.3) is 0 Å². The van der Waals surface area contributed by atoms with Crippen LogP contribution in [0.4, 0.5) is 0 Å². The Bertz CT molecular complexity index is 505. The molecule has 2 N–H and O–H groups in total. The fraction of sp³-hybridized carbons (Fsp3) is 0.500. The van der Waals surface area contributed by atoms with Gasteiger partial charge in [-0.1, -0.05) is 24.6 Å². The maximum absolute atomic E-state index is 11.4. The fourth-order valence-corrected chi connectivity index (χ4v) is 3.00. The number of sulfone groups is 1. The predicted molar refractivity (Wildman–Crippen MR) is 84.7 cm³/mol. The van der Waals surface area contributed by atoms with E-state index >= 15 is 0 Å². The average Bonchev–Trinajstić information content (AvgIpc) is 2.32. The highest BCUT2D eigenvalue weighted by atomic mass is 127. The van der Waals surface area contributed by atoms with Gasteiger partial charge in [-0.2, -0.15) is 0 Å². The number of hydrogen-bond acceptors (Lipinski definition) is 3. The van der Waals surface area contributed by atoms with Crippen LogP contribution in [0, 0.1) is 3.57 Å². The van der Waals surface area contributed by atoms with Crippen LogP contribution in [0.2, 0.25) is 5.02 Å². The molecule has 18 heavy (non-hydrogen) atoms. The minimum atomic E-state index is -2.90. The third-order valence-corrected chi connectivity index (χ3v) is 6.14. The van der Waals surface area contributed by atoms with Crippen molar-refractivity contribution in [1.82, 2.24) is 0 Å². The first kappa shape index (κ1) is 16.2. The lowest BCUT2D eigenvalue weighted by molar-refractivity contribution is 0.584. The van der Waals surface area contributed by atoms with Gasteiger partial charge in [-0.15, -0.1) is 0 Å². The summed E-state index contributed by atoms with van der Waals surface area (Å²) in [7, 11) is -2.90. The van der Waals surface area contributed by atoms with Crippen LogP contribution in [-0.2, 0) is 9.84 Å². The molecule has 0 saturated heterocycles. The summed E-state index contributed by atoms with van der Waals surface area (Å²) >= 11 is 8.18. The SMILES string of the molecule is CCS(=O)(=O)CCCC(N)c1ccc(I)c(Cl)c1. The molecule has 1 aromatic rings. The summed E-state index contributed by atoms with van der Waals surface area (Å²) in [6.07, 6.45) is 1.23. The third-order valence-electron chi connectivity index (χ3n) is 2.78. The second-order valence-electron chi connectivity index (χ2n) is 4.16. The molecule has 0 aromatic heterocycles. The van der Waals surface area contributed by atoms with E-state index in [1.807, 2.05) is 18.2 Å². The van der Waals surface area contributed by atoms with Gasteiger partial charge in [-0.05, 0) is 53.1 Å². The lowest BCUT2D eigenvalue weighted by Gasteiger charge is -2.12. The number of halogens is 2. The van der Waals surface area contributed by atoms with Crippen molar-refractivity contribution in [2.45, 2.75) is 25.8 Å². The number of hydrogen-bond donors (Lipinski definition) is 1. The highest BCUT2D eigenvalue weighted by molar-refractivity contribution is 14.1. The Morgan fingerprint density at radius 1 is 1.44 bits per heavy atom. The molecule has 0 amide bonds. The molecule has 0 heterocycles. The number of rotatable bonds is 6. The molecule has 6 heteroatoms. The molecule has 0 aliphatic heterocycles. The molecular formula is C12H17ClINO2S. The summed E-state index contributed by atoms with van der Waals surface area (Å²) in [5.74, 6) is 0.396. The predicted octanol–water partition coefficient (Wildman–Crippen LogP) is 3.16. The van der Waals surface area contributed by atoms with Gasteiger partial charge in [0.15, 0.2) is 0 Å². The number of nitrogens with two attached hydrogens (primary N) is 1. The maximum Gasteiger partial charge on any atom is 0.150 e. The molecule has 0 aliphatic rings. The van der Waals surface area contributed by atoms with E-state index in [1.54, 1.807) is 6.92 Å². The lowest BCUT2D eigenvalue weighted by Crippen LogP contribution is -2.14. The van der Waals surface area contributed by atoms with Crippen LogP contribution in [-0.4, -0.2) is 19.9 Å². The van der Waals surface area contributed by atoms with Gasteiger partial charge in [-0.25, -0.2) is 8.42 Å². The van der Waals surface area contributed by atoms with E-state index in [-0.39, 0.29) is 17.5 Å². The Kier molecular flexibility index (Phi) is 6.37. The monoisotopic (exact) mass is 401 g/mol. The molecule has 0 bridgehead atoms. The van der Waals surface area contributed by atoms with Crippen molar-refractivity contribution < 1.29 is 8.42 Å². The van der Waals surface area contributed by atoms with Crippen molar-refractivity contribution in [1.29, 1.82) is 0 Å². The van der Waals surface area contributed by atoms with Crippen LogP contribution < -0.4 is 5.73 Å². The average molecular weight is 402 g/mol. The van der Waals surface area contributed by atoms with Crippen LogP contribution in [0.25, 0.3) is 0 Å². The molecule has 0 spiro atoms. The van der Waals surface area contributed by atoms with E-state index in [9.17, 15) is 8.42 Å². The molecule has 1 unspecified atom stereocenters. The highest BCUT2D eigenvalue weighted by Crippen LogP contribution is 2.24. The van der Waals surface area contributed by atoms with Crippen molar-refractivity contribution in [3.63, 3.8) is 0 Å². The lowest BCUT2D eigenvalue weighted by atomic mass is 10.0. The Morgan fingerprint density at radius 3 is 2.67 bits per heavy atom. The summed E-state index contributed by atoms with van der Waals surface area (Å²) in [6, 6.07) is 5.54. The zero-order valence-electron chi connectivity index (χ0n) is 10.2. The minimum Gasteiger partial charge on any atom is -0.324 e. The topological polar surface area (TPSA) is 60.2 Å². The van der Waals surface area contributed by atoms with Gasteiger partial charge in [0.1, 0.15) is 9.84 Å². The van der Waals surface area contributed by atoms with E-state index in [1.165, 1.54) is 0 Å². The zero-order chi connectivity index (χ0) is 13.8. The Morgan fingerprint density at radius 2 is 2.11 bits per heavy atom. The van der Waals surface area contributed by atoms with Crippen LogP contribution in [0.15, 0.2) is 18.2 Å².